The lowest BCUT2D eigenvalue weighted by Gasteiger charge is -2.45. The van der Waals surface area contributed by atoms with Gasteiger partial charge in [-0.25, -0.2) is 0 Å². The van der Waals surface area contributed by atoms with Gasteiger partial charge in [0.25, 0.3) is 0 Å². The first kappa shape index (κ1) is 26.1. The summed E-state index contributed by atoms with van der Waals surface area (Å²) >= 11 is 0. The molecular weight excluding hydrogens is 460 g/mol. The topological polar surface area (TPSA) is 97.5 Å². The van der Waals surface area contributed by atoms with E-state index < -0.39 is 0 Å². The summed E-state index contributed by atoms with van der Waals surface area (Å²) in [4.78, 5) is 19.2. The first-order chi connectivity index (χ1) is 18.1. The fraction of sp³-hybridized carbons (Fsp3) is 0.933. The van der Waals surface area contributed by atoms with Crippen molar-refractivity contribution < 1.29 is 4.79 Å². The van der Waals surface area contributed by atoms with Crippen molar-refractivity contribution in [2.75, 3.05) is 19.6 Å². The maximum absolute atomic E-state index is 14.0. The molecule has 0 aromatic carbocycles. The van der Waals surface area contributed by atoms with Gasteiger partial charge in [-0.1, -0.05) is 32.1 Å². The molecule has 0 bridgehead atoms. The number of carbonyl (C=O) groups excluding carboxylic acids is 1. The van der Waals surface area contributed by atoms with Crippen LogP contribution in [-0.2, 0) is 4.79 Å². The van der Waals surface area contributed by atoms with Crippen LogP contribution in [0.25, 0.3) is 0 Å². The van der Waals surface area contributed by atoms with E-state index in [9.17, 15) is 4.79 Å². The average molecular weight is 513 g/mol. The molecule has 3 saturated carbocycles. The molecule has 37 heavy (non-hydrogen) atoms. The summed E-state index contributed by atoms with van der Waals surface area (Å²) < 4.78 is 0. The molecule has 7 nitrogen and oxygen atoms in total. The highest BCUT2D eigenvalue weighted by atomic mass is 16.2. The van der Waals surface area contributed by atoms with E-state index in [1.54, 1.807) is 0 Å². The van der Waals surface area contributed by atoms with Crippen molar-refractivity contribution in [2.24, 2.45) is 35.3 Å². The Balaban J connectivity index is 1.16. The van der Waals surface area contributed by atoms with E-state index in [-0.39, 0.29) is 24.0 Å². The number of likely N-dealkylation sites (tertiary alicyclic amines) is 2. The molecule has 6 rings (SSSR count). The Morgan fingerprint density at radius 3 is 2.49 bits per heavy atom. The van der Waals surface area contributed by atoms with E-state index in [0.29, 0.717) is 24.0 Å². The number of hydrogen-bond acceptors (Lipinski definition) is 5. The van der Waals surface area contributed by atoms with E-state index in [1.165, 1.54) is 83.7 Å². The average Bonchev–Trinajstić information content (AvgIpc) is 3.58. The Kier molecular flexibility index (Phi) is 8.11. The molecule has 5 N–H and O–H groups in total. The first-order valence-corrected chi connectivity index (χ1v) is 16.0. The fourth-order valence-electron chi connectivity index (χ4n) is 9.55. The fourth-order valence-corrected chi connectivity index (χ4v) is 9.55. The summed E-state index contributed by atoms with van der Waals surface area (Å²) in [6.45, 7) is 3.47. The van der Waals surface area contributed by atoms with Crippen LogP contribution in [0.15, 0.2) is 0 Å². The van der Waals surface area contributed by atoms with Gasteiger partial charge >= 0.3 is 0 Å². The second-order valence-corrected chi connectivity index (χ2v) is 13.6. The van der Waals surface area contributed by atoms with E-state index in [0.717, 1.165) is 56.4 Å². The SMILES string of the molecule is N=C(N)C1CCC2CC(C(=O)NC3CCCC(N4CCCC4)N3)N(CC3CCCC4CCCCC43)C2C1. The summed E-state index contributed by atoms with van der Waals surface area (Å²) in [7, 11) is 0. The van der Waals surface area contributed by atoms with Gasteiger partial charge in [0, 0.05) is 18.5 Å². The molecular formula is C30H52N6O. The number of nitrogens with one attached hydrogen (secondary N) is 3. The van der Waals surface area contributed by atoms with Crippen molar-refractivity contribution in [1.82, 2.24) is 20.4 Å². The van der Waals surface area contributed by atoms with Crippen LogP contribution < -0.4 is 16.4 Å². The minimum absolute atomic E-state index is 0.0151. The first-order valence-electron chi connectivity index (χ1n) is 16.0. The van der Waals surface area contributed by atoms with E-state index in [2.05, 4.69) is 20.4 Å². The second-order valence-electron chi connectivity index (χ2n) is 13.6. The zero-order chi connectivity index (χ0) is 25.4. The Hall–Kier alpha value is -1.18. The number of amidine groups is 1. The van der Waals surface area contributed by atoms with Crippen LogP contribution in [0, 0.1) is 35.0 Å². The molecule has 3 aliphatic heterocycles. The van der Waals surface area contributed by atoms with Gasteiger partial charge in [-0.2, -0.15) is 0 Å². The number of nitrogens with zero attached hydrogens (tertiary/aromatic N) is 2. The number of rotatable bonds is 6. The number of fused-ring (bicyclic) bond motifs is 2. The van der Waals surface area contributed by atoms with Gasteiger partial charge in [0.15, 0.2) is 0 Å². The summed E-state index contributed by atoms with van der Waals surface area (Å²) in [5.74, 6) is 3.90. The molecule has 0 radical (unpaired) electrons. The van der Waals surface area contributed by atoms with Crippen LogP contribution in [0.1, 0.15) is 103 Å². The number of carbonyl (C=O) groups is 1. The Bertz CT molecular complexity index is 812. The molecule has 0 aromatic rings. The standard InChI is InChI=1S/C30H52N6O/c31-29(32)22-14-13-21-17-26(30(37)34-27-11-6-12-28(33-27)35-15-3-4-16-35)36(25(21)18-22)19-23-9-5-8-20-7-1-2-10-24(20)23/h20-28,33H,1-19H2,(H3,31,32)(H,34,37). The summed E-state index contributed by atoms with van der Waals surface area (Å²) in [5.41, 5.74) is 6.02. The molecule has 3 aliphatic carbocycles. The van der Waals surface area contributed by atoms with Gasteiger partial charge in [0.05, 0.1) is 24.2 Å². The molecule has 208 valence electrons. The van der Waals surface area contributed by atoms with Crippen LogP contribution in [-0.4, -0.2) is 65.6 Å². The quantitative estimate of drug-likeness (QED) is 0.318. The Morgan fingerprint density at radius 1 is 0.865 bits per heavy atom. The third-order valence-electron chi connectivity index (χ3n) is 11.5. The lowest BCUT2D eigenvalue weighted by Crippen LogP contribution is -2.60. The second kappa shape index (κ2) is 11.5. The summed E-state index contributed by atoms with van der Waals surface area (Å²) in [6.07, 6.45) is 20.4. The molecule has 7 heteroatoms. The van der Waals surface area contributed by atoms with E-state index in [1.807, 2.05) is 0 Å². The lowest BCUT2D eigenvalue weighted by molar-refractivity contribution is -0.128. The van der Waals surface area contributed by atoms with Crippen LogP contribution >= 0.6 is 0 Å². The highest BCUT2D eigenvalue weighted by Gasteiger charge is 2.49. The maximum Gasteiger partial charge on any atom is 0.238 e. The lowest BCUT2D eigenvalue weighted by atomic mass is 9.65. The largest absolute Gasteiger partial charge is 0.387 e. The monoisotopic (exact) mass is 512 g/mol. The smallest absolute Gasteiger partial charge is 0.238 e. The minimum Gasteiger partial charge on any atom is -0.387 e. The van der Waals surface area contributed by atoms with Crippen LogP contribution in [0.4, 0.5) is 0 Å². The van der Waals surface area contributed by atoms with Crippen molar-refractivity contribution in [1.29, 1.82) is 5.41 Å². The predicted molar refractivity (Wildman–Crippen MR) is 148 cm³/mol. The highest BCUT2D eigenvalue weighted by Crippen LogP contribution is 2.47. The molecule has 3 saturated heterocycles. The normalized spacial score (nSPS) is 43.2. The highest BCUT2D eigenvalue weighted by molar-refractivity contribution is 5.83. The van der Waals surface area contributed by atoms with Gasteiger partial charge in [0.2, 0.25) is 5.91 Å². The van der Waals surface area contributed by atoms with Crippen LogP contribution in [0.2, 0.25) is 0 Å². The van der Waals surface area contributed by atoms with Crippen molar-refractivity contribution >= 4 is 11.7 Å². The molecule has 3 heterocycles. The molecule has 6 fully saturated rings. The van der Waals surface area contributed by atoms with Crippen molar-refractivity contribution in [3.63, 3.8) is 0 Å². The number of nitrogens with two attached hydrogens (primary N) is 1. The third-order valence-corrected chi connectivity index (χ3v) is 11.5. The maximum atomic E-state index is 14.0. The van der Waals surface area contributed by atoms with Gasteiger partial charge in [-0.15, -0.1) is 0 Å². The molecule has 9 unspecified atom stereocenters. The minimum atomic E-state index is -0.0151. The zero-order valence-electron chi connectivity index (χ0n) is 23.0. The van der Waals surface area contributed by atoms with Gasteiger partial charge in [-0.05, 0) is 107 Å². The van der Waals surface area contributed by atoms with Crippen LogP contribution in [0.5, 0.6) is 0 Å². The number of amides is 1. The van der Waals surface area contributed by atoms with Gasteiger partial charge in [-0.3, -0.25) is 25.3 Å². The zero-order valence-corrected chi connectivity index (χ0v) is 23.0. The number of piperidine rings is 1. The van der Waals surface area contributed by atoms with Crippen LogP contribution in [0.3, 0.4) is 0 Å². The Labute approximate surface area is 224 Å². The van der Waals surface area contributed by atoms with Crippen molar-refractivity contribution in [3.8, 4) is 0 Å². The third kappa shape index (κ3) is 5.60. The summed E-state index contributed by atoms with van der Waals surface area (Å²) in [5, 5.41) is 15.4. The molecule has 0 spiro atoms. The van der Waals surface area contributed by atoms with E-state index in [4.69, 9.17) is 11.1 Å². The van der Waals surface area contributed by atoms with Crippen molar-refractivity contribution in [2.45, 2.75) is 127 Å². The van der Waals surface area contributed by atoms with Gasteiger partial charge in [0.1, 0.15) is 0 Å². The van der Waals surface area contributed by atoms with Crippen molar-refractivity contribution in [3.05, 3.63) is 0 Å². The summed E-state index contributed by atoms with van der Waals surface area (Å²) in [6, 6.07) is 0.401. The van der Waals surface area contributed by atoms with Gasteiger partial charge < -0.3 is 11.1 Å². The number of hydrogen-bond donors (Lipinski definition) is 4. The Morgan fingerprint density at radius 2 is 1.65 bits per heavy atom. The molecule has 9 atom stereocenters. The molecule has 6 aliphatic rings. The molecule has 0 aromatic heterocycles. The van der Waals surface area contributed by atoms with E-state index >= 15 is 0 Å². The molecule has 1 amide bonds. The predicted octanol–water partition coefficient (Wildman–Crippen LogP) is 4.03.